The fourth-order valence-electron chi connectivity index (χ4n) is 2.26. The SMILES string of the molecule is Cc1cccc(CN2CCOC(C(C)N)C2)c1. The van der Waals surface area contributed by atoms with Crippen LogP contribution in [0, 0.1) is 6.92 Å². The van der Waals surface area contributed by atoms with E-state index in [9.17, 15) is 0 Å². The second kappa shape index (κ2) is 5.63. The molecule has 1 aliphatic heterocycles. The van der Waals surface area contributed by atoms with Crippen molar-refractivity contribution in [2.75, 3.05) is 19.7 Å². The smallest absolute Gasteiger partial charge is 0.0850 e. The molecule has 94 valence electrons. The molecule has 1 saturated heterocycles. The summed E-state index contributed by atoms with van der Waals surface area (Å²) in [5.41, 5.74) is 8.58. The van der Waals surface area contributed by atoms with Crippen molar-refractivity contribution in [1.29, 1.82) is 0 Å². The first-order valence-corrected chi connectivity index (χ1v) is 6.30. The fourth-order valence-corrected chi connectivity index (χ4v) is 2.26. The Morgan fingerprint density at radius 2 is 2.35 bits per heavy atom. The van der Waals surface area contributed by atoms with Gasteiger partial charge in [-0.05, 0) is 19.4 Å². The highest BCUT2D eigenvalue weighted by atomic mass is 16.5. The summed E-state index contributed by atoms with van der Waals surface area (Å²) in [5.74, 6) is 0. The molecule has 1 aliphatic rings. The van der Waals surface area contributed by atoms with Crippen LogP contribution in [0.5, 0.6) is 0 Å². The molecule has 2 atom stereocenters. The molecule has 1 aromatic carbocycles. The highest BCUT2D eigenvalue weighted by Crippen LogP contribution is 2.13. The molecule has 0 radical (unpaired) electrons. The topological polar surface area (TPSA) is 38.5 Å². The van der Waals surface area contributed by atoms with Crippen LogP contribution < -0.4 is 5.73 Å². The van der Waals surface area contributed by atoms with Gasteiger partial charge in [0.05, 0.1) is 12.7 Å². The van der Waals surface area contributed by atoms with E-state index in [0.717, 1.165) is 26.2 Å². The van der Waals surface area contributed by atoms with Crippen molar-refractivity contribution in [3.63, 3.8) is 0 Å². The number of benzene rings is 1. The maximum absolute atomic E-state index is 5.90. The van der Waals surface area contributed by atoms with Crippen molar-refractivity contribution in [2.24, 2.45) is 5.73 Å². The summed E-state index contributed by atoms with van der Waals surface area (Å²) in [6.45, 7) is 7.86. The van der Waals surface area contributed by atoms with Crippen LogP contribution in [0.3, 0.4) is 0 Å². The Hall–Kier alpha value is -0.900. The van der Waals surface area contributed by atoms with Crippen molar-refractivity contribution in [1.82, 2.24) is 4.90 Å². The lowest BCUT2D eigenvalue weighted by Crippen LogP contribution is -2.49. The van der Waals surface area contributed by atoms with Gasteiger partial charge in [-0.2, -0.15) is 0 Å². The van der Waals surface area contributed by atoms with E-state index in [1.807, 2.05) is 6.92 Å². The Labute approximate surface area is 104 Å². The third kappa shape index (κ3) is 3.53. The molecule has 0 bridgehead atoms. The quantitative estimate of drug-likeness (QED) is 0.862. The van der Waals surface area contributed by atoms with Crippen molar-refractivity contribution in [3.8, 4) is 0 Å². The molecule has 3 nitrogen and oxygen atoms in total. The molecule has 2 N–H and O–H groups in total. The fraction of sp³-hybridized carbons (Fsp3) is 0.571. The van der Waals surface area contributed by atoms with Crippen LogP contribution in [-0.2, 0) is 11.3 Å². The Bertz CT molecular complexity index is 365. The summed E-state index contributed by atoms with van der Waals surface area (Å²) in [6.07, 6.45) is 0.175. The molecule has 1 aromatic rings. The lowest BCUT2D eigenvalue weighted by atomic mass is 10.1. The zero-order valence-electron chi connectivity index (χ0n) is 10.7. The van der Waals surface area contributed by atoms with Crippen molar-refractivity contribution in [2.45, 2.75) is 32.5 Å². The van der Waals surface area contributed by atoms with Gasteiger partial charge in [0.2, 0.25) is 0 Å². The van der Waals surface area contributed by atoms with Gasteiger partial charge in [0.15, 0.2) is 0 Å². The average molecular weight is 234 g/mol. The Morgan fingerprint density at radius 3 is 3.06 bits per heavy atom. The molecule has 0 saturated carbocycles. The van der Waals surface area contributed by atoms with Crippen LogP contribution >= 0.6 is 0 Å². The zero-order chi connectivity index (χ0) is 12.3. The Morgan fingerprint density at radius 1 is 1.53 bits per heavy atom. The Balaban J connectivity index is 1.94. The van der Waals surface area contributed by atoms with E-state index >= 15 is 0 Å². The normalized spacial score (nSPS) is 23.6. The molecular formula is C14H22N2O. The van der Waals surface area contributed by atoms with E-state index in [0.29, 0.717) is 0 Å². The number of hydrogen-bond donors (Lipinski definition) is 1. The van der Waals surface area contributed by atoms with Crippen molar-refractivity contribution >= 4 is 0 Å². The van der Waals surface area contributed by atoms with Crippen LogP contribution in [0.2, 0.25) is 0 Å². The third-order valence-corrected chi connectivity index (χ3v) is 3.25. The Kier molecular flexibility index (Phi) is 4.15. The van der Waals surface area contributed by atoms with E-state index in [4.69, 9.17) is 10.5 Å². The first kappa shape index (κ1) is 12.6. The minimum absolute atomic E-state index is 0.107. The molecule has 0 spiro atoms. The predicted molar refractivity (Wildman–Crippen MR) is 69.8 cm³/mol. The molecule has 1 heterocycles. The molecule has 3 heteroatoms. The largest absolute Gasteiger partial charge is 0.374 e. The molecule has 2 unspecified atom stereocenters. The maximum atomic E-state index is 5.90. The van der Waals surface area contributed by atoms with Crippen molar-refractivity contribution in [3.05, 3.63) is 35.4 Å². The van der Waals surface area contributed by atoms with Gasteiger partial charge in [0, 0.05) is 25.7 Å². The molecule has 17 heavy (non-hydrogen) atoms. The first-order chi connectivity index (χ1) is 8.15. The van der Waals surface area contributed by atoms with Crippen molar-refractivity contribution < 1.29 is 4.74 Å². The number of ether oxygens (including phenoxy) is 1. The van der Waals surface area contributed by atoms with Gasteiger partial charge in [-0.1, -0.05) is 29.8 Å². The molecule has 0 aromatic heterocycles. The minimum atomic E-state index is 0.107. The monoisotopic (exact) mass is 234 g/mol. The molecular weight excluding hydrogens is 212 g/mol. The number of nitrogens with two attached hydrogens (primary N) is 1. The van der Waals surface area contributed by atoms with Gasteiger partial charge in [0.25, 0.3) is 0 Å². The number of hydrogen-bond acceptors (Lipinski definition) is 3. The third-order valence-electron chi connectivity index (χ3n) is 3.25. The summed E-state index contributed by atoms with van der Waals surface area (Å²) in [4.78, 5) is 2.42. The summed E-state index contributed by atoms with van der Waals surface area (Å²) >= 11 is 0. The summed E-state index contributed by atoms with van der Waals surface area (Å²) in [5, 5.41) is 0. The highest BCUT2D eigenvalue weighted by Gasteiger charge is 2.23. The zero-order valence-corrected chi connectivity index (χ0v) is 10.7. The van der Waals surface area contributed by atoms with E-state index < -0.39 is 0 Å². The first-order valence-electron chi connectivity index (χ1n) is 6.30. The number of nitrogens with zero attached hydrogens (tertiary/aromatic N) is 1. The summed E-state index contributed by atoms with van der Waals surface area (Å²) in [7, 11) is 0. The molecule has 0 amide bonds. The van der Waals surface area contributed by atoms with Gasteiger partial charge in [-0.15, -0.1) is 0 Å². The van der Waals surface area contributed by atoms with Gasteiger partial charge in [-0.3, -0.25) is 4.90 Å². The lowest BCUT2D eigenvalue weighted by Gasteiger charge is -2.34. The average Bonchev–Trinajstić information content (AvgIpc) is 2.29. The van der Waals surface area contributed by atoms with E-state index in [2.05, 4.69) is 36.1 Å². The van der Waals surface area contributed by atoms with Crippen LogP contribution in [0.4, 0.5) is 0 Å². The summed E-state index contributed by atoms with van der Waals surface area (Å²) in [6, 6.07) is 8.79. The standard InChI is InChI=1S/C14H22N2O/c1-11-4-3-5-13(8-11)9-16-6-7-17-14(10-16)12(2)15/h3-5,8,12,14H,6-7,9-10,15H2,1-2H3. The highest BCUT2D eigenvalue weighted by molar-refractivity contribution is 5.22. The van der Waals surface area contributed by atoms with Crippen LogP contribution in [0.25, 0.3) is 0 Å². The van der Waals surface area contributed by atoms with Gasteiger partial charge in [-0.25, -0.2) is 0 Å². The second-order valence-corrected chi connectivity index (χ2v) is 4.99. The molecule has 1 fully saturated rings. The van der Waals surface area contributed by atoms with Crippen LogP contribution in [-0.4, -0.2) is 36.7 Å². The van der Waals surface area contributed by atoms with Crippen LogP contribution in [0.15, 0.2) is 24.3 Å². The predicted octanol–water partition coefficient (Wildman–Crippen LogP) is 1.54. The molecule has 0 aliphatic carbocycles. The second-order valence-electron chi connectivity index (χ2n) is 4.99. The molecule has 2 rings (SSSR count). The van der Waals surface area contributed by atoms with Crippen LogP contribution in [0.1, 0.15) is 18.1 Å². The summed E-state index contributed by atoms with van der Waals surface area (Å²) < 4.78 is 5.66. The number of aryl methyl sites for hydroxylation is 1. The number of rotatable bonds is 3. The van der Waals surface area contributed by atoms with E-state index in [1.165, 1.54) is 11.1 Å². The minimum Gasteiger partial charge on any atom is -0.374 e. The maximum Gasteiger partial charge on any atom is 0.0850 e. The number of morpholine rings is 1. The van der Waals surface area contributed by atoms with E-state index in [-0.39, 0.29) is 12.1 Å². The van der Waals surface area contributed by atoms with E-state index in [1.54, 1.807) is 0 Å². The van der Waals surface area contributed by atoms with Gasteiger partial charge >= 0.3 is 0 Å². The lowest BCUT2D eigenvalue weighted by molar-refractivity contribution is -0.0403. The van der Waals surface area contributed by atoms with Gasteiger partial charge < -0.3 is 10.5 Å². The van der Waals surface area contributed by atoms with Gasteiger partial charge in [0.1, 0.15) is 0 Å².